The fourth-order valence-electron chi connectivity index (χ4n) is 2.73. The van der Waals surface area contributed by atoms with E-state index in [2.05, 4.69) is 16.6 Å². The summed E-state index contributed by atoms with van der Waals surface area (Å²) < 4.78 is 10.8. The molecule has 1 atom stereocenters. The number of ether oxygens (including phenoxy) is 1. The van der Waals surface area contributed by atoms with Crippen molar-refractivity contribution in [3.8, 4) is 0 Å². The Morgan fingerprint density at radius 3 is 2.65 bits per heavy atom. The molecule has 1 amide bonds. The predicted molar refractivity (Wildman–Crippen MR) is 88.1 cm³/mol. The average molecular weight is 321 g/mol. The van der Waals surface area contributed by atoms with Crippen LogP contribution in [0.4, 0.5) is 0 Å². The highest BCUT2D eigenvalue weighted by molar-refractivity contribution is 5.80. The van der Waals surface area contributed by atoms with Crippen LogP contribution in [0.2, 0.25) is 0 Å². The minimum absolute atomic E-state index is 0.0750. The summed E-state index contributed by atoms with van der Waals surface area (Å²) >= 11 is 0. The first kappa shape index (κ1) is 17.7. The van der Waals surface area contributed by atoms with E-state index < -0.39 is 0 Å². The van der Waals surface area contributed by atoms with Crippen LogP contribution in [0.1, 0.15) is 30.4 Å². The van der Waals surface area contributed by atoms with Crippen LogP contribution in [-0.2, 0) is 16.1 Å². The van der Waals surface area contributed by atoms with E-state index in [1.54, 1.807) is 6.08 Å². The van der Waals surface area contributed by atoms with Crippen LogP contribution < -0.4 is 0 Å². The summed E-state index contributed by atoms with van der Waals surface area (Å²) in [4.78, 5) is 16.6. The second kappa shape index (κ2) is 8.26. The van der Waals surface area contributed by atoms with Crippen molar-refractivity contribution in [3.05, 3.63) is 29.7 Å². The molecule has 23 heavy (non-hydrogen) atoms. The van der Waals surface area contributed by atoms with Crippen LogP contribution in [0.5, 0.6) is 0 Å². The second-order valence-corrected chi connectivity index (χ2v) is 5.99. The fraction of sp³-hybridized carbons (Fsp3) is 0.647. The molecule has 0 N–H and O–H groups in total. The molecule has 0 spiro atoms. The number of carbonyl (C=O) groups is 1. The van der Waals surface area contributed by atoms with Crippen LogP contribution in [0.3, 0.4) is 0 Å². The Balaban J connectivity index is 1.79. The Hall–Kier alpha value is -1.66. The molecule has 0 radical (unpaired) electrons. The lowest BCUT2D eigenvalue weighted by Crippen LogP contribution is -2.51. The van der Waals surface area contributed by atoms with Gasteiger partial charge in [0.15, 0.2) is 0 Å². The molecule has 1 saturated heterocycles. The number of rotatable bonds is 7. The molecule has 1 unspecified atom stereocenters. The van der Waals surface area contributed by atoms with E-state index in [0.29, 0.717) is 6.61 Å². The summed E-state index contributed by atoms with van der Waals surface area (Å²) in [6.45, 7) is 13.9. The van der Waals surface area contributed by atoms with Crippen LogP contribution in [0.25, 0.3) is 0 Å². The Morgan fingerprint density at radius 1 is 1.39 bits per heavy atom. The number of nitrogens with zero attached hydrogens (tertiary/aromatic N) is 3. The van der Waals surface area contributed by atoms with Crippen LogP contribution in [0, 0.1) is 13.8 Å². The maximum absolute atomic E-state index is 12.4. The minimum atomic E-state index is -0.385. The molecule has 1 aromatic heterocycles. The second-order valence-electron chi connectivity index (χ2n) is 5.99. The first-order valence-corrected chi connectivity index (χ1v) is 8.18. The SMILES string of the molecule is C=CCCOC(C)C(=O)N1CCN(Cc2c(C)noc2C)CC1. The minimum Gasteiger partial charge on any atom is -0.368 e. The zero-order valence-electron chi connectivity index (χ0n) is 14.4. The maximum atomic E-state index is 12.4. The third kappa shape index (κ3) is 4.65. The van der Waals surface area contributed by atoms with Crippen molar-refractivity contribution in [2.24, 2.45) is 0 Å². The van der Waals surface area contributed by atoms with Gasteiger partial charge in [0, 0.05) is 38.3 Å². The van der Waals surface area contributed by atoms with Crippen molar-refractivity contribution in [1.29, 1.82) is 0 Å². The molecule has 128 valence electrons. The van der Waals surface area contributed by atoms with Crippen LogP contribution >= 0.6 is 0 Å². The number of hydrogen-bond acceptors (Lipinski definition) is 5. The van der Waals surface area contributed by atoms with E-state index in [1.807, 2.05) is 25.7 Å². The highest BCUT2D eigenvalue weighted by Crippen LogP contribution is 2.16. The van der Waals surface area contributed by atoms with Crippen molar-refractivity contribution in [2.45, 2.75) is 39.8 Å². The predicted octanol–water partition coefficient (Wildman–Crippen LogP) is 1.92. The zero-order chi connectivity index (χ0) is 16.8. The molecule has 6 heteroatoms. The first-order valence-electron chi connectivity index (χ1n) is 8.18. The highest BCUT2D eigenvalue weighted by Gasteiger charge is 2.26. The van der Waals surface area contributed by atoms with E-state index in [0.717, 1.165) is 56.2 Å². The van der Waals surface area contributed by atoms with Gasteiger partial charge in [-0.1, -0.05) is 11.2 Å². The quantitative estimate of drug-likeness (QED) is 0.567. The van der Waals surface area contributed by atoms with E-state index in [4.69, 9.17) is 9.26 Å². The molecule has 1 fully saturated rings. The zero-order valence-corrected chi connectivity index (χ0v) is 14.4. The van der Waals surface area contributed by atoms with Gasteiger partial charge in [0.1, 0.15) is 11.9 Å². The normalized spacial score (nSPS) is 17.3. The van der Waals surface area contributed by atoms with E-state index >= 15 is 0 Å². The number of carbonyl (C=O) groups excluding carboxylic acids is 1. The number of hydrogen-bond donors (Lipinski definition) is 0. The van der Waals surface area contributed by atoms with Gasteiger partial charge < -0.3 is 14.2 Å². The third-order valence-corrected chi connectivity index (χ3v) is 4.28. The van der Waals surface area contributed by atoms with Gasteiger partial charge in [-0.05, 0) is 27.2 Å². The third-order valence-electron chi connectivity index (χ3n) is 4.28. The molecular formula is C17H27N3O3. The molecule has 0 saturated carbocycles. The number of piperazine rings is 1. The smallest absolute Gasteiger partial charge is 0.251 e. The van der Waals surface area contributed by atoms with Crippen molar-refractivity contribution in [1.82, 2.24) is 15.0 Å². The van der Waals surface area contributed by atoms with E-state index in [1.165, 1.54) is 0 Å². The molecule has 0 bridgehead atoms. The van der Waals surface area contributed by atoms with Crippen molar-refractivity contribution in [3.63, 3.8) is 0 Å². The molecule has 1 aliphatic heterocycles. The van der Waals surface area contributed by atoms with Gasteiger partial charge in [-0.25, -0.2) is 0 Å². The molecule has 0 aromatic carbocycles. The molecule has 6 nitrogen and oxygen atoms in total. The monoisotopic (exact) mass is 321 g/mol. The first-order chi connectivity index (χ1) is 11.0. The summed E-state index contributed by atoms with van der Waals surface area (Å²) in [6, 6.07) is 0. The maximum Gasteiger partial charge on any atom is 0.251 e. The van der Waals surface area contributed by atoms with Crippen LogP contribution in [0.15, 0.2) is 17.2 Å². The molecule has 2 rings (SSSR count). The van der Waals surface area contributed by atoms with E-state index in [9.17, 15) is 4.79 Å². The Morgan fingerprint density at radius 2 is 2.09 bits per heavy atom. The van der Waals surface area contributed by atoms with Gasteiger partial charge >= 0.3 is 0 Å². The van der Waals surface area contributed by atoms with Crippen molar-refractivity contribution < 1.29 is 14.1 Å². The fourth-order valence-corrected chi connectivity index (χ4v) is 2.73. The Bertz CT molecular complexity index is 514. The molecular weight excluding hydrogens is 294 g/mol. The molecule has 1 aromatic rings. The summed E-state index contributed by atoms with van der Waals surface area (Å²) in [5, 5.41) is 3.99. The standard InChI is InChI=1S/C17H27N3O3/c1-5-6-11-22-15(4)17(21)20-9-7-19(8-10-20)12-16-13(2)18-23-14(16)3/h5,15H,1,6-12H2,2-4H3. The highest BCUT2D eigenvalue weighted by atomic mass is 16.5. The summed E-state index contributed by atoms with van der Waals surface area (Å²) in [6.07, 6.45) is 2.18. The van der Waals surface area contributed by atoms with Gasteiger partial charge in [-0.3, -0.25) is 9.69 Å². The van der Waals surface area contributed by atoms with Gasteiger partial charge in [-0.15, -0.1) is 6.58 Å². The van der Waals surface area contributed by atoms with Gasteiger partial charge in [0.25, 0.3) is 5.91 Å². The summed E-state index contributed by atoms with van der Waals surface area (Å²) in [5.41, 5.74) is 2.11. The lowest BCUT2D eigenvalue weighted by atomic mass is 10.1. The largest absolute Gasteiger partial charge is 0.368 e. The molecule has 0 aliphatic carbocycles. The average Bonchev–Trinajstić information content (AvgIpc) is 2.87. The van der Waals surface area contributed by atoms with Crippen LogP contribution in [-0.4, -0.2) is 59.8 Å². The molecule has 2 heterocycles. The number of aryl methyl sites for hydroxylation is 2. The molecule has 1 aliphatic rings. The Labute approximate surface area is 138 Å². The van der Waals surface area contributed by atoms with Gasteiger partial charge in [0.2, 0.25) is 0 Å². The lowest BCUT2D eigenvalue weighted by Gasteiger charge is -2.35. The van der Waals surface area contributed by atoms with Gasteiger partial charge in [-0.2, -0.15) is 0 Å². The topological polar surface area (TPSA) is 58.8 Å². The summed E-state index contributed by atoms with van der Waals surface area (Å²) in [7, 11) is 0. The number of amides is 1. The van der Waals surface area contributed by atoms with Crippen molar-refractivity contribution in [2.75, 3.05) is 32.8 Å². The van der Waals surface area contributed by atoms with E-state index in [-0.39, 0.29) is 12.0 Å². The number of aromatic nitrogens is 1. The van der Waals surface area contributed by atoms with Gasteiger partial charge in [0.05, 0.1) is 12.3 Å². The Kier molecular flexibility index (Phi) is 6.36. The summed E-state index contributed by atoms with van der Waals surface area (Å²) in [5.74, 6) is 0.955. The van der Waals surface area contributed by atoms with Crippen molar-refractivity contribution >= 4 is 5.91 Å². The lowest BCUT2D eigenvalue weighted by molar-refractivity contribution is -0.144.